The van der Waals surface area contributed by atoms with Gasteiger partial charge >= 0.3 is 5.97 Å². The fourth-order valence-electron chi connectivity index (χ4n) is 4.87. The first kappa shape index (κ1) is 21.8. The molecule has 4 atom stereocenters. The molecular formula is C26H32O5. The Morgan fingerprint density at radius 1 is 1.13 bits per heavy atom. The van der Waals surface area contributed by atoms with Crippen molar-refractivity contribution in [1.29, 1.82) is 0 Å². The lowest BCUT2D eigenvalue weighted by molar-refractivity contribution is -0.263. The molecule has 0 aromatic heterocycles. The average Bonchev–Trinajstić information content (AvgIpc) is 3.11. The van der Waals surface area contributed by atoms with Crippen LogP contribution < -0.4 is 4.74 Å². The fraction of sp³-hybridized carbons (Fsp3) is 0.500. The summed E-state index contributed by atoms with van der Waals surface area (Å²) in [5.41, 5.74) is 2.93. The van der Waals surface area contributed by atoms with Crippen LogP contribution in [0.1, 0.15) is 57.2 Å². The standard InChI is InChI=1S/C26H32O5/c1-5-25-17-29-26(31-25,16-24(18(25)3)30-19(4)27)22-9-7-8-21(15-22)14-20-10-12-23(13-11-20)28-6-2/h7-13,15,18,24H,5-6,14,16-17H2,1-4H3/t18?,24?,25-,26+/m0/s1. The van der Waals surface area contributed by atoms with Crippen LogP contribution in [0.2, 0.25) is 0 Å². The number of esters is 1. The van der Waals surface area contributed by atoms with Crippen molar-refractivity contribution in [3.63, 3.8) is 0 Å². The summed E-state index contributed by atoms with van der Waals surface area (Å²) in [6.45, 7) is 8.82. The summed E-state index contributed by atoms with van der Waals surface area (Å²) in [6.07, 6.45) is 1.88. The highest BCUT2D eigenvalue weighted by Crippen LogP contribution is 2.53. The second-order valence-electron chi connectivity index (χ2n) is 8.66. The van der Waals surface area contributed by atoms with E-state index in [0.29, 0.717) is 19.6 Å². The summed E-state index contributed by atoms with van der Waals surface area (Å²) in [5, 5.41) is 0. The zero-order chi connectivity index (χ0) is 22.1. The number of hydrogen-bond acceptors (Lipinski definition) is 5. The lowest BCUT2D eigenvalue weighted by atomic mass is 9.78. The van der Waals surface area contributed by atoms with E-state index in [2.05, 4.69) is 38.1 Å². The molecule has 2 bridgehead atoms. The predicted molar refractivity (Wildman–Crippen MR) is 118 cm³/mol. The maximum atomic E-state index is 11.7. The molecule has 5 nitrogen and oxygen atoms in total. The third-order valence-corrected chi connectivity index (χ3v) is 6.70. The van der Waals surface area contributed by atoms with Gasteiger partial charge in [0.1, 0.15) is 17.5 Å². The lowest BCUT2D eigenvalue weighted by Crippen LogP contribution is -2.53. The minimum Gasteiger partial charge on any atom is -0.494 e. The van der Waals surface area contributed by atoms with Crippen LogP contribution in [-0.4, -0.2) is 30.9 Å². The second-order valence-corrected chi connectivity index (χ2v) is 8.66. The Morgan fingerprint density at radius 3 is 2.58 bits per heavy atom. The molecule has 2 aliphatic heterocycles. The minimum absolute atomic E-state index is 0.0732. The molecule has 2 aliphatic rings. The monoisotopic (exact) mass is 424 g/mol. The molecule has 2 aromatic carbocycles. The zero-order valence-corrected chi connectivity index (χ0v) is 18.9. The van der Waals surface area contributed by atoms with Gasteiger partial charge in [-0.15, -0.1) is 0 Å². The SMILES string of the molecule is CCOc1ccc(Cc2cccc([C@]34CC(OC(C)=O)C(C)[C@](CC)(CO3)O4)c2)cc1. The van der Waals surface area contributed by atoms with Gasteiger partial charge in [-0.25, -0.2) is 0 Å². The van der Waals surface area contributed by atoms with Gasteiger partial charge in [0.2, 0.25) is 0 Å². The summed E-state index contributed by atoms with van der Waals surface area (Å²) in [4.78, 5) is 11.7. The van der Waals surface area contributed by atoms with E-state index in [9.17, 15) is 4.79 Å². The summed E-state index contributed by atoms with van der Waals surface area (Å²) in [7, 11) is 0. The van der Waals surface area contributed by atoms with Crippen LogP contribution in [0.15, 0.2) is 48.5 Å². The average molecular weight is 425 g/mol. The van der Waals surface area contributed by atoms with Crippen molar-refractivity contribution in [3.8, 4) is 5.75 Å². The van der Waals surface area contributed by atoms with Crippen LogP contribution in [0.5, 0.6) is 5.75 Å². The molecule has 0 spiro atoms. The van der Waals surface area contributed by atoms with Crippen LogP contribution in [0.4, 0.5) is 0 Å². The molecule has 0 amide bonds. The number of ether oxygens (including phenoxy) is 4. The predicted octanol–water partition coefficient (Wildman–Crippen LogP) is 5.00. The summed E-state index contributed by atoms with van der Waals surface area (Å²) < 4.78 is 24.2. The van der Waals surface area contributed by atoms with Gasteiger partial charge in [-0.1, -0.05) is 50.2 Å². The Hall–Kier alpha value is -2.37. The highest BCUT2D eigenvalue weighted by Gasteiger charge is 2.61. The first-order valence-electron chi connectivity index (χ1n) is 11.2. The molecule has 2 saturated heterocycles. The number of fused-ring (bicyclic) bond motifs is 2. The number of benzene rings is 2. The largest absolute Gasteiger partial charge is 0.494 e. The van der Waals surface area contributed by atoms with Crippen molar-refractivity contribution >= 4 is 5.97 Å². The van der Waals surface area contributed by atoms with Crippen molar-refractivity contribution < 1.29 is 23.7 Å². The summed E-state index contributed by atoms with van der Waals surface area (Å²) >= 11 is 0. The van der Waals surface area contributed by atoms with Crippen molar-refractivity contribution in [2.24, 2.45) is 5.92 Å². The molecule has 0 N–H and O–H groups in total. The highest BCUT2D eigenvalue weighted by atomic mass is 16.8. The van der Waals surface area contributed by atoms with E-state index < -0.39 is 11.4 Å². The van der Waals surface area contributed by atoms with Gasteiger partial charge in [0.25, 0.3) is 0 Å². The first-order chi connectivity index (χ1) is 14.9. The molecule has 2 aromatic rings. The van der Waals surface area contributed by atoms with E-state index in [4.69, 9.17) is 18.9 Å². The van der Waals surface area contributed by atoms with Crippen LogP contribution in [0.25, 0.3) is 0 Å². The van der Waals surface area contributed by atoms with Gasteiger partial charge < -0.3 is 18.9 Å². The van der Waals surface area contributed by atoms with Crippen LogP contribution in [-0.2, 0) is 31.2 Å². The van der Waals surface area contributed by atoms with Gasteiger partial charge in [0, 0.05) is 24.8 Å². The zero-order valence-electron chi connectivity index (χ0n) is 18.9. The van der Waals surface area contributed by atoms with Crippen molar-refractivity contribution in [2.75, 3.05) is 13.2 Å². The normalized spacial score (nSPS) is 29.5. The van der Waals surface area contributed by atoms with Gasteiger partial charge in [-0.3, -0.25) is 4.79 Å². The second kappa shape index (κ2) is 8.64. The van der Waals surface area contributed by atoms with Crippen LogP contribution in [0.3, 0.4) is 0 Å². The van der Waals surface area contributed by atoms with Gasteiger partial charge in [0.15, 0.2) is 5.79 Å². The van der Waals surface area contributed by atoms with Crippen molar-refractivity contribution in [3.05, 3.63) is 65.2 Å². The van der Waals surface area contributed by atoms with E-state index in [1.54, 1.807) is 0 Å². The van der Waals surface area contributed by atoms with Gasteiger partial charge in [0.05, 0.1) is 13.2 Å². The number of hydrogen-bond donors (Lipinski definition) is 0. The van der Waals surface area contributed by atoms with Crippen molar-refractivity contribution in [1.82, 2.24) is 0 Å². The molecule has 31 heavy (non-hydrogen) atoms. The Bertz CT molecular complexity index is 924. The molecule has 0 radical (unpaired) electrons. The molecule has 0 aliphatic carbocycles. The third kappa shape index (κ3) is 4.21. The number of rotatable bonds is 7. The molecule has 5 heteroatoms. The van der Waals surface area contributed by atoms with Crippen LogP contribution in [0, 0.1) is 5.92 Å². The van der Waals surface area contributed by atoms with E-state index in [1.807, 2.05) is 31.2 Å². The number of carbonyl (C=O) groups excluding carboxylic acids is 1. The molecule has 2 heterocycles. The third-order valence-electron chi connectivity index (χ3n) is 6.70. The molecule has 4 rings (SSSR count). The van der Waals surface area contributed by atoms with E-state index in [1.165, 1.54) is 18.1 Å². The molecule has 2 fully saturated rings. The smallest absolute Gasteiger partial charge is 0.302 e. The Morgan fingerprint density at radius 2 is 1.90 bits per heavy atom. The highest BCUT2D eigenvalue weighted by molar-refractivity contribution is 5.66. The maximum absolute atomic E-state index is 11.7. The van der Waals surface area contributed by atoms with Crippen LogP contribution >= 0.6 is 0 Å². The molecule has 0 saturated carbocycles. The summed E-state index contributed by atoms with van der Waals surface area (Å²) in [6, 6.07) is 16.6. The maximum Gasteiger partial charge on any atom is 0.302 e. The number of carbonyl (C=O) groups is 1. The Balaban J connectivity index is 1.59. The topological polar surface area (TPSA) is 54.0 Å². The van der Waals surface area contributed by atoms with Crippen molar-refractivity contribution in [2.45, 2.75) is 64.4 Å². The lowest BCUT2D eigenvalue weighted by Gasteiger charge is -2.45. The fourth-order valence-corrected chi connectivity index (χ4v) is 4.87. The molecule has 2 unspecified atom stereocenters. The Labute approximate surface area is 184 Å². The van der Waals surface area contributed by atoms with E-state index >= 15 is 0 Å². The minimum atomic E-state index is -0.878. The first-order valence-corrected chi connectivity index (χ1v) is 11.2. The van der Waals surface area contributed by atoms with Gasteiger partial charge in [-0.2, -0.15) is 0 Å². The van der Waals surface area contributed by atoms with Gasteiger partial charge in [-0.05, 0) is 43.0 Å². The summed E-state index contributed by atoms with van der Waals surface area (Å²) in [5.74, 6) is -0.180. The van der Waals surface area contributed by atoms with E-state index in [0.717, 1.165) is 24.2 Å². The van der Waals surface area contributed by atoms with E-state index in [-0.39, 0.29) is 18.0 Å². The molecule has 166 valence electrons. The molecular weight excluding hydrogens is 392 g/mol. The Kier molecular flexibility index (Phi) is 6.09. The quantitative estimate of drug-likeness (QED) is 0.586.